The van der Waals surface area contributed by atoms with Crippen LogP contribution < -0.4 is 9.64 Å². The van der Waals surface area contributed by atoms with Crippen LogP contribution in [0.5, 0.6) is 5.75 Å². The van der Waals surface area contributed by atoms with Crippen molar-refractivity contribution < 1.29 is 23.5 Å². The van der Waals surface area contributed by atoms with E-state index in [1.165, 1.54) is 18.2 Å². The van der Waals surface area contributed by atoms with E-state index in [9.17, 15) is 24.0 Å². The van der Waals surface area contributed by atoms with E-state index < -0.39 is 23.0 Å². The average molecular weight is 330 g/mol. The van der Waals surface area contributed by atoms with Crippen molar-refractivity contribution in [3.63, 3.8) is 0 Å². The lowest BCUT2D eigenvalue weighted by atomic mass is 9.86. The van der Waals surface area contributed by atoms with Crippen molar-refractivity contribution in [2.45, 2.75) is 38.3 Å². The van der Waals surface area contributed by atoms with Crippen LogP contribution in [-0.4, -0.2) is 36.3 Å². The molecule has 1 aromatic carbocycles. The van der Waals surface area contributed by atoms with Gasteiger partial charge in [0.2, 0.25) is 5.75 Å². The molecule has 8 heteroatoms. The molecule has 0 aromatic heterocycles. The first-order valence-electron chi connectivity index (χ1n) is 7.49. The summed E-state index contributed by atoms with van der Waals surface area (Å²) in [6.45, 7) is -2.94. The Morgan fingerprint density at radius 3 is 2.57 bits per heavy atom. The third-order valence-corrected chi connectivity index (χ3v) is 4.39. The van der Waals surface area contributed by atoms with Crippen molar-refractivity contribution in [1.29, 1.82) is 0 Å². The second-order valence-corrected chi connectivity index (χ2v) is 5.76. The van der Waals surface area contributed by atoms with E-state index in [2.05, 4.69) is 4.74 Å². The van der Waals surface area contributed by atoms with Gasteiger partial charge in [0.05, 0.1) is 4.92 Å². The van der Waals surface area contributed by atoms with E-state index in [0.29, 0.717) is 11.6 Å². The highest BCUT2D eigenvalue weighted by Gasteiger charge is 2.26. The van der Waals surface area contributed by atoms with Crippen molar-refractivity contribution in [3.8, 4) is 5.75 Å². The zero-order chi connectivity index (χ0) is 17.0. The summed E-state index contributed by atoms with van der Waals surface area (Å²) in [5.41, 5.74) is 0.116. The summed E-state index contributed by atoms with van der Waals surface area (Å²) in [5, 5.41) is 20.1. The highest BCUT2D eigenvalue weighted by Crippen LogP contribution is 2.35. The third-order valence-electron chi connectivity index (χ3n) is 4.39. The molecule has 1 aliphatic rings. The van der Waals surface area contributed by atoms with E-state index in [1.807, 2.05) is 11.9 Å². The van der Waals surface area contributed by atoms with E-state index >= 15 is 0 Å². The lowest BCUT2D eigenvalue weighted by molar-refractivity contribution is -0.386. The maximum Gasteiger partial charge on any atom is 0.387 e. The maximum absolute atomic E-state index is 12.5. The highest BCUT2D eigenvalue weighted by atomic mass is 19.3. The topological polar surface area (TPSA) is 75.8 Å². The van der Waals surface area contributed by atoms with Crippen molar-refractivity contribution in [3.05, 3.63) is 28.3 Å². The molecule has 1 saturated carbocycles. The molecule has 0 saturated heterocycles. The number of anilines is 1. The van der Waals surface area contributed by atoms with Gasteiger partial charge in [-0.2, -0.15) is 8.78 Å². The molecule has 0 spiro atoms. The van der Waals surface area contributed by atoms with Gasteiger partial charge in [0.1, 0.15) is 0 Å². The molecule has 0 atom stereocenters. The number of alkyl halides is 2. The average Bonchev–Trinajstić information content (AvgIpc) is 2.53. The monoisotopic (exact) mass is 330 g/mol. The summed E-state index contributed by atoms with van der Waals surface area (Å²) in [6.07, 6.45) is 3.56. The highest BCUT2D eigenvalue weighted by molar-refractivity contribution is 5.59. The first kappa shape index (κ1) is 17.4. The molecule has 0 heterocycles. The van der Waals surface area contributed by atoms with Gasteiger partial charge in [-0.15, -0.1) is 0 Å². The van der Waals surface area contributed by atoms with Crippen LogP contribution in [0.15, 0.2) is 18.2 Å². The van der Waals surface area contributed by atoms with E-state index in [-0.39, 0.29) is 12.6 Å². The molecule has 1 aliphatic carbocycles. The molecule has 1 fully saturated rings. The minimum atomic E-state index is -3.12. The number of hydrogen-bond donors (Lipinski definition) is 1. The fourth-order valence-corrected chi connectivity index (χ4v) is 2.99. The SMILES string of the molecule is CN(c1ccc([N+](=O)[O-])c(OC(F)F)c1)C1CCC(CO)CC1. The van der Waals surface area contributed by atoms with Crippen molar-refractivity contribution >= 4 is 11.4 Å². The molecule has 0 unspecified atom stereocenters. The standard InChI is InChI=1S/C15H20F2N2O4/c1-18(11-4-2-10(9-20)3-5-11)12-6-7-13(19(21)22)14(8-12)23-15(16)17/h6-8,10-11,15,20H,2-5,9H2,1H3. The number of nitro groups is 1. The summed E-state index contributed by atoms with van der Waals surface area (Å²) in [5.74, 6) is -0.118. The molecular weight excluding hydrogens is 310 g/mol. The van der Waals surface area contributed by atoms with Crippen LogP contribution in [-0.2, 0) is 0 Å². The molecule has 0 bridgehead atoms. The Kier molecular flexibility index (Phi) is 5.70. The quantitative estimate of drug-likeness (QED) is 0.640. The number of halogens is 2. The van der Waals surface area contributed by atoms with Gasteiger partial charge >= 0.3 is 12.3 Å². The smallest absolute Gasteiger partial charge is 0.387 e. The second kappa shape index (κ2) is 7.54. The largest absolute Gasteiger partial charge is 0.427 e. The van der Waals surface area contributed by atoms with Crippen LogP contribution in [0.2, 0.25) is 0 Å². The Hall–Kier alpha value is -1.96. The minimum absolute atomic E-state index is 0.181. The number of nitro benzene ring substituents is 1. The minimum Gasteiger partial charge on any atom is -0.427 e. The summed E-state index contributed by atoms with van der Waals surface area (Å²) in [7, 11) is 1.83. The first-order chi connectivity index (χ1) is 10.9. The van der Waals surface area contributed by atoms with Gasteiger partial charge < -0.3 is 14.7 Å². The molecule has 6 nitrogen and oxygen atoms in total. The van der Waals surface area contributed by atoms with Crippen LogP contribution in [0.25, 0.3) is 0 Å². The van der Waals surface area contributed by atoms with Gasteiger partial charge in [-0.25, -0.2) is 0 Å². The summed E-state index contributed by atoms with van der Waals surface area (Å²) >= 11 is 0. The number of rotatable bonds is 6. The van der Waals surface area contributed by atoms with Crippen molar-refractivity contribution in [2.75, 3.05) is 18.6 Å². The fourth-order valence-electron chi connectivity index (χ4n) is 2.99. The Labute approximate surface area is 132 Å². The predicted molar refractivity (Wildman–Crippen MR) is 81.0 cm³/mol. The zero-order valence-corrected chi connectivity index (χ0v) is 12.8. The molecule has 1 aromatic rings. The molecular formula is C15H20F2N2O4. The Morgan fingerprint density at radius 1 is 1.39 bits per heavy atom. The second-order valence-electron chi connectivity index (χ2n) is 5.76. The van der Waals surface area contributed by atoms with E-state index in [1.54, 1.807) is 0 Å². The van der Waals surface area contributed by atoms with Gasteiger partial charge in [-0.05, 0) is 37.7 Å². The lowest BCUT2D eigenvalue weighted by Crippen LogP contribution is -2.35. The van der Waals surface area contributed by atoms with Crippen LogP contribution in [0, 0.1) is 16.0 Å². The molecule has 23 heavy (non-hydrogen) atoms. The first-order valence-corrected chi connectivity index (χ1v) is 7.49. The van der Waals surface area contributed by atoms with Gasteiger partial charge in [0, 0.05) is 37.5 Å². The van der Waals surface area contributed by atoms with Crippen LogP contribution >= 0.6 is 0 Å². The van der Waals surface area contributed by atoms with Crippen LogP contribution in [0.3, 0.4) is 0 Å². The third kappa shape index (κ3) is 4.28. The number of aliphatic hydroxyl groups is 1. The van der Waals surface area contributed by atoms with Gasteiger partial charge in [-0.3, -0.25) is 10.1 Å². The van der Waals surface area contributed by atoms with Gasteiger partial charge in [-0.1, -0.05) is 0 Å². The summed E-state index contributed by atoms with van der Waals surface area (Å²) in [6, 6.07) is 4.21. The lowest BCUT2D eigenvalue weighted by Gasteiger charge is -2.35. The Balaban J connectivity index is 2.17. The number of ether oxygens (including phenoxy) is 1. The Bertz CT molecular complexity index is 548. The maximum atomic E-state index is 12.5. The molecule has 2 rings (SSSR count). The molecule has 0 amide bonds. The van der Waals surface area contributed by atoms with Crippen LogP contribution in [0.1, 0.15) is 25.7 Å². The molecule has 0 radical (unpaired) electrons. The van der Waals surface area contributed by atoms with Gasteiger partial charge in [0.15, 0.2) is 0 Å². The fraction of sp³-hybridized carbons (Fsp3) is 0.600. The molecule has 0 aliphatic heterocycles. The summed E-state index contributed by atoms with van der Waals surface area (Å²) in [4.78, 5) is 12.1. The summed E-state index contributed by atoms with van der Waals surface area (Å²) < 4.78 is 29.2. The zero-order valence-electron chi connectivity index (χ0n) is 12.8. The number of nitrogens with zero attached hydrogens (tertiary/aromatic N) is 2. The van der Waals surface area contributed by atoms with Crippen molar-refractivity contribution in [2.24, 2.45) is 5.92 Å². The number of benzene rings is 1. The Morgan fingerprint density at radius 2 is 2.04 bits per heavy atom. The molecule has 128 valence electrons. The number of aliphatic hydroxyl groups excluding tert-OH is 1. The van der Waals surface area contributed by atoms with Gasteiger partial charge in [0.25, 0.3) is 0 Å². The predicted octanol–water partition coefficient (Wildman–Crippen LogP) is 3.18. The normalized spacial score (nSPS) is 21.3. The van der Waals surface area contributed by atoms with Crippen molar-refractivity contribution in [1.82, 2.24) is 0 Å². The molecule has 1 N–H and O–H groups in total. The number of hydrogen-bond acceptors (Lipinski definition) is 5. The van der Waals surface area contributed by atoms with E-state index in [4.69, 9.17) is 0 Å². The van der Waals surface area contributed by atoms with Crippen LogP contribution in [0.4, 0.5) is 20.2 Å². The van der Waals surface area contributed by atoms with E-state index in [0.717, 1.165) is 25.7 Å².